The molecule has 0 aromatic heterocycles. The van der Waals surface area contributed by atoms with Gasteiger partial charge in [0, 0.05) is 0 Å². The lowest BCUT2D eigenvalue weighted by atomic mass is 9.69. The van der Waals surface area contributed by atoms with Crippen LogP contribution in [-0.4, -0.2) is 13.7 Å². The van der Waals surface area contributed by atoms with Crippen LogP contribution in [-0.2, 0) is 0 Å². The molecule has 3 rings (SSSR count). The summed E-state index contributed by atoms with van der Waals surface area (Å²) in [5, 5.41) is 0. The molecule has 0 spiro atoms. The summed E-state index contributed by atoms with van der Waals surface area (Å²) >= 11 is 0. The Labute approximate surface area is 188 Å². The molecule has 1 aromatic rings. The van der Waals surface area contributed by atoms with Crippen molar-refractivity contribution in [3.05, 3.63) is 23.8 Å². The first-order chi connectivity index (χ1) is 15.1. The minimum absolute atomic E-state index is 0.00607. The zero-order valence-electron chi connectivity index (χ0n) is 19.6. The maximum atomic E-state index is 14.1. The minimum atomic E-state index is -0.972. The molecule has 0 saturated heterocycles. The lowest BCUT2D eigenvalue weighted by Crippen LogP contribution is -2.27. The van der Waals surface area contributed by atoms with Gasteiger partial charge in [-0.05, 0) is 74.3 Å². The van der Waals surface area contributed by atoms with Gasteiger partial charge in [0.25, 0.3) is 0 Å². The third-order valence-electron chi connectivity index (χ3n) is 7.87. The zero-order chi connectivity index (χ0) is 22.1. The van der Waals surface area contributed by atoms with Crippen LogP contribution in [0.4, 0.5) is 8.78 Å². The van der Waals surface area contributed by atoms with E-state index in [9.17, 15) is 8.78 Å². The van der Waals surface area contributed by atoms with E-state index in [-0.39, 0.29) is 11.5 Å². The molecule has 0 bridgehead atoms. The molecule has 4 heteroatoms. The van der Waals surface area contributed by atoms with E-state index in [4.69, 9.17) is 9.47 Å². The second-order valence-corrected chi connectivity index (χ2v) is 9.97. The number of hydrogen-bond acceptors (Lipinski definition) is 2. The molecule has 2 fully saturated rings. The van der Waals surface area contributed by atoms with Gasteiger partial charge in [-0.2, -0.15) is 8.78 Å². The van der Waals surface area contributed by atoms with Crippen LogP contribution in [0.25, 0.3) is 0 Å². The fraction of sp³-hybridized carbons (Fsp3) is 0.778. The average Bonchev–Trinajstić information content (AvgIpc) is 2.81. The molecule has 1 aromatic carbocycles. The van der Waals surface area contributed by atoms with E-state index < -0.39 is 11.6 Å². The summed E-state index contributed by atoms with van der Waals surface area (Å²) in [6.07, 6.45) is 19.0. The van der Waals surface area contributed by atoms with Gasteiger partial charge < -0.3 is 9.47 Å². The Hall–Kier alpha value is -1.32. The molecule has 0 heterocycles. The van der Waals surface area contributed by atoms with Gasteiger partial charge in [-0.3, -0.25) is 0 Å². The summed E-state index contributed by atoms with van der Waals surface area (Å²) in [5.74, 6) is 1.17. The zero-order valence-corrected chi connectivity index (χ0v) is 19.6. The molecule has 2 aliphatic carbocycles. The van der Waals surface area contributed by atoms with Crippen LogP contribution in [0, 0.1) is 35.3 Å². The number of unbranched alkanes of at least 4 members (excludes halogenated alkanes) is 4. The Bertz CT molecular complexity index is 647. The summed E-state index contributed by atoms with van der Waals surface area (Å²) in [5.41, 5.74) is 0. The molecule has 2 aliphatic rings. The van der Waals surface area contributed by atoms with Gasteiger partial charge in [-0.25, -0.2) is 0 Å². The Balaban J connectivity index is 1.33. The summed E-state index contributed by atoms with van der Waals surface area (Å²) in [6.45, 7) is 2.75. The Morgan fingerprint density at radius 1 is 0.742 bits per heavy atom. The van der Waals surface area contributed by atoms with E-state index in [1.54, 1.807) is 0 Å². The van der Waals surface area contributed by atoms with Gasteiger partial charge in [-0.15, -0.1) is 0 Å². The molecular formula is C27H42F2O2. The second-order valence-electron chi connectivity index (χ2n) is 9.97. The molecule has 0 atom stereocenters. The van der Waals surface area contributed by atoms with Gasteiger partial charge in [0.15, 0.2) is 11.5 Å². The largest absolute Gasteiger partial charge is 0.494 e. The second kappa shape index (κ2) is 12.6. The first-order valence-electron chi connectivity index (χ1n) is 12.8. The lowest BCUT2D eigenvalue weighted by Gasteiger charge is -2.38. The summed E-state index contributed by atoms with van der Waals surface area (Å²) in [7, 11) is 1.33. The topological polar surface area (TPSA) is 18.5 Å². The van der Waals surface area contributed by atoms with Crippen molar-refractivity contribution in [2.75, 3.05) is 13.7 Å². The fourth-order valence-corrected chi connectivity index (χ4v) is 5.80. The van der Waals surface area contributed by atoms with Crippen LogP contribution < -0.4 is 9.47 Å². The van der Waals surface area contributed by atoms with Crippen LogP contribution in [0.3, 0.4) is 0 Å². The van der Waals surface area contributed by atoms with E-state index in [2.05, 4.69) is 6.92 Å². The van der Waals surface area contributed by atoms with E-state index in [1.807, 2.05) is 0 Å². The standard InChI is InChI=1S/C27H42F2O2/c1-3-4-5-6-7-8-20-9-13-22(14-10-20)23-15-11-21(12-16-23)19-31-25-18-17-24(30-2)26(28)27(25)29/h17-18,20-23H,3-16,19H2,1-2H3. The highest BCUT2D eigenvalue weighted by Crippen LogP contribution is 2.42. The molecule has 0 N–H and O–H groups in total. The number of rotatable bonds is 11. The van der Waals surface area contributed by atoms with Crippen LogP contribution in [0.15, 0.2) is 12.1 Å². The molecule has 0 unspecified atom stereocenters. The predicted octanol–water partition coefficient (Wildman–Crippen LogP) is 8.33. The van der Waals surface area contributed by atoms with Crippen molar-refractivity contribution in [2.24, 2.45) is 23.7 Å². The highest BCUT2D eigenvalue weighted by Gasteiger charge is 2.31. The molecule has 31 heavy (non-hydrogen) atoms. The SMILES string of the molecule is CCCCCCCC1CCC(C2CCC(COc3ccc(OC)c(F)c3F)CC2)CC1. The predicted molar refractivity (Wildman–Crippen MR) is 123 cm³/mol. The van der Waals surface area contributed by atoms with Crippen LogP contribution in [0.5, 0.6) is 11.5 Å². The van der Waals surface area contributed by atoms with E-state index >= 15 is 0 Å². The quantitative estimate of drug-likeness (QED) is 0.325. The Morgan fingerprint density at radius 2 is 1.29 bits per heavy atom. The number of methoxy groups -OCH3 is 1. The summed E-state index contributed by atoms with van der Waals surface area (Å²) in [6, 6.07) is 2.89. The van der Waals surface area contributed by atoms with Crippen LogP contribution >= 0.6 is 0 Å². The van der Waals surface area contributed by atoms with Crippen molar-refractivity contribution in [3.63, 3.8) is 0 Å². The smallest absolute Gasteiger partial charge is 0.204 e. The minimum Gasteiger partial charge on any atom is -0.494 e. The molecule has 0 amide bonds. The van der Waals surface area contributed by atoms with E-state index in [0.29, 0.717) is 12.5 Å². The number of benzene rings is 1. The van der Waals surface area contributed by atoms with Gasteiger partial charge in [-0.1, -0.05) is 58.3 Å². The molecule has 176 valence electrons. The monoisotopic (exact) mass is 436 g/mol. The van der Waals surface area contributed by atoms with Gasteiger partial charge in [0.05, 0.1) is 13.7 Å². The van der Waals surface area contributed by atoms with Crippen molar-refractivity contribution in [2.45, 2.75) is 96.8 Å². The highest BCUT2D eigenvalue weighted by molar-refractivity contribution is 5.34. The van der Waals surface area contributed by atoms with E-state index in [0.717, 1.165) is 30.6 Å². The van der Waals surface area contributed by atoms with Crippen molar-refractivity contribution in [3.8, 4) is 11.5 Å². The fourth-order valence-electron chi connectivity index (χ4n) is 5.80. The Kier molecular flexibility index (Phi) is 9.93. The van der Waals surface area contributed by atoms with Crippen molar-refractivity contribution in [1.82, 2.24) is 0 Å². The van der Waals surface area contributed by atoms with Crippen molar-refractivity contribution in [1.29, 1.82) is 0 Å². The van der Waals surface area contributed by atoms with Gasteiger partial charge >= 0.3 is 0 Å². The number of hydrogen-bond donors (Lipinski definition) is 0. The third-order valence-corrected chi connectivity index (χ3v) is 7.87. The summed E-state index contributed by atoms with van der Waals surface area (Å²) < 4.78 is 38.4. The maximum absolute atomic E-state index is 14.1. The van der Waals surface area contributed by atoms with E-state index in [1.165, 1.54) is 96.3 Å². The van der Waals surface area contributed by atoms with Gasteiger partial charge in [0.1, 0.15) is 0 Å². The normalized spacial score (nSPS) is 26.6. The van der Waals surface area contributed by atoms with Crippen molar-refractivity contribution < 1.29 is 18.3 Å². The van der Waals surface area contributed by atoms with Crippen LogP contribution in [0.2, 0.25) is 0 Å². The highest BCUT2D eigenvalue weighted by atomic mass is 19.2. The average molecular weight is 437 g/mol. The molecular weight excluding hydrogens is 394 g/mol. The Morgan fingerprint density at radius 3 is 1.90 bits per heavy atom. The van der Waals surface area contributed by atoms with Gasteiger partial charge in [0.2, 0.25) is 11.6 Å². The van der Waals surface area contributed by atoms with Crippen molar-refractivity contribution >= 4 is 0 Å². The number of halogens is 2. The molecule has 2 nitrogen and oxygen atoms in total. The number of ether oxygens (including phenoxy) is 2. The molecule has 0 aliphatic heterocycles. The molecule has 2 saturated carbocycles. The first-order valence-corrected chi connectivity index (χ1v) is 12.8. The lowest BCUT2D eigenvalue weighted by molar-refractivity contribution is 0.120. The molecule has 0 radical (unpaired) electrons. The maximum Gasteiger partial charge on any atom is 0.204 e. The first kappa shape index (κ1) is 24.3. The summed E-state index contributed by atoms with van der Waals surface area (Å²) in [4.78, 5) is 0. The third kappa shape index (κ3) is 7.08. The van der Waals surface area contributed by atoms with Crippen LogP contribution in [0.1, 0.15) is 96.8 Å².